The average molecular weight is 326 g/mol. The second-order valence-electron chi connectivity index (χ2n) is 5.33. The molecule has 1 N–H and O–H groups in total. The fraction of sp³-hybridized carbons (Fsp3) is 0.429. The summed E-state index contributed by atoms with van der Waals surface area (Å²) in [6.45, 7) is 4.41. The molecule has 21 heavy (non-hydrogen) atoms. The molecule has 5 nitrogen and oxygen atoms in total. The number of carbonyl (C=O) groups is 1. The molecule has 0 aliphatic carbocycles. The molecule has 0 aromatic carbocycles. The lowest BCUT2D eigenvalue weighted by Gasteiger charge is -2.26. The van der Waals surface area contributed by atoms with Gasteiger partial charge in [-0.2, -0.15) is 5.10 Å². The second-order valence-corrected chi connectivity index (χ2v) is 7.07. The first-order chi connectivity index (χ1) is 9.95. The molecule has 3 heterocycles. The largest absolute Gasteiger partial charge is 0.476 e. The number of thiophene rings is 1. The number of carboxylic acids is 1. The van der Waals surface area contributed by atoms with Crippen LogP contribution in [0.4, 0.5) is 0 Å². The first-order valence-electron chi connectivity index (χ1n) is 6.71. The standard InChI is InChI=1S/C14H16ClN3O2S/c1-8-5-9(21-13(8)15)6-18-4-3-10-11(7-18)17(2)16-12(10)14(19)20/h5H,3-4,6-7H2,1-2H3,(H,19,20). The highest BCUT2D eigenvalue weighted by Gasteiger charge is 2.26. The lowest BCUT2D eigenvalue weighted by atomic mass is 10.0. The van der Waals surface area contributed by atoms with Crippen LogP contribution in [0.1, 0.15) is 32.2 Å². The van der Waals surface area contributed by atoms with Crippen molar-refractivity contribution >= 4 is 28.9 Å². The number of hydrogen-bond acceptors (Lipinski definition) is 4. The molecule has 112 valence electrons. The van der Waals surface area contributed by atoms with Crippen LogP contribution >= 0.6 is 22.9 Å². The molecule has 0 amide bonds. The number of nitrogens with zero attached hydrogens (tertiary/aromatic N) is 3. The summed E-state index contributed by atoms with van der Waals surface area (Å²) in [5.74, 6) is -0.944. The summed E-state index contributed by atoms with van der Waals surface area (Å²) in [6, 6.07) is 2.12. The summed E-state index contributed by atoms with van der Waals surface area (Å²) < 4.78 is 2.54. The molecular formula is C14H16ClN3O2S. The highest BCUT2D eigenvalue weighted by Crippen LogP contribution is 2.29. The number of fused-ring (bicyclic) bond motifs is 1. The Kier molecular flexibility index (Phi) is 3.77. The van der Waals surface area contributed by atoms with Gasteiger partial charge < -0.3 is 5.11 Å². The van der Waals surface area contributed by atoms with E-state index in [4.69, 9.17) is 11.6 Å². The summed E-state index contributed by atoms with van der Waals surface area (Å²) in [5, 5.41) is 13.3. The van der Waals surface area contributed by atoms with Crippen molar-refractivity contribution in [3.8, 4) is 0 Å². The fourth-order valence-corrected chi connectivity index (χ4v) is 4.04. The van der Waals surface area contributed by atoms with Gasteiger partial charge in [0.2, 0.25) is 0 Å². The van der Waals surface area contributed by atoms with Gasteiger partial charge in [0.25, 0.3) is 0 Å². The molecular weight excluding hydrogens is 310 g/mol. The van der Waals surface area contributed by atoms with Gasteiger partial charge in [-0.1, -0.05) is 11.6 Å². The minimum Gasteiger partial charge on any atom is -0.476 e. The summed E-state index contributed by atoms with van der Waals surface area (Å²) in [5.41, 5.74) is 3.19. The van der Waals surface area contributed by atoms with Crippen molar-refractivity contribution in [2.24, 2.45) is 7.05 Å². The van der Waals surface area contributed by atoms with E-state index >= 15 is 0 Å². The van der Waals surface area contributed by atoms with Crippen LogP contribution in [0.3, 0.4) is 0 Å². The number of aromatic carboxylic acids is 1. The normalized spacial score (nSPS) is 15.2. The quantitative estimate of drug-likeness (QED) is 0.942. The third kappa shape index (κ3) is 2.71. The maximum atomic E-state index is 11.2. The summed E-state index contributed by atoms with van der Waals surface area (Å²) in [6.07, 6.45) is 0.725. The van der Waals surface area contributed by atoms with E-state index in [1.807, 2.05) is 6.92 Å². The number of rotatable bonds is 3. The van der Waals surface area contributed by atoms with Crippen LogP contribution < -0.4 is 0 Å². The maximum absolute atomic E-state index is 11.2. The Labute approximate surface area is 131 Å². The number of aryl methyl sites for hydroxylation is 2. The SMILES string of the molecule is Cc1cc(CN2CCc3c(C(=O)O)nn(C)c3C2)sc1Cl. The van der Waals surface area contributed by atoms with E-state index in [2.05, 4.69) is 16.1 Å². The molecule has 3 rings (SSSR count). The molecule has 0 atom stereocenters. The molecule has 1 aliphatic rings. The molecule has 0 fully saturated rings. The van der Waals surface area contributed by atoms with Crippen molar-refractivity contribution in [3.05, 3.63) is 37.8 Å². The van der Waals surface area contributed by atoms with Crippen LogP contribution in [0, 0.1) is 6.92 Å². The fourth-order valence-electron chi connectivity index (χ4n) is 2.75. The molecule has 0 bridgehead atoms. The zero-order valence-corrected chi connectivity index (χ0v) is 13.5. The first kappa shape index (κ1) is 14.6. The maximum Gasteiger partial charge on any atom is 0.356 e. The third-order valence-corrected chi connectivity index (χ3v) is 5.36. The molecule has 0 spiro atoms. The van der Waals surface area contributed by atoms with E-state index in [-0.39, 0.29) is 5.69 Å². The van der Waals surface area contributed by atoms with Gasteiger partial charge in [-0.3, -0.25) is 9.58 Å². The van der Waals surface area contributed by atoms with Gasteiger partial charge in [0.15, 0.2) is 5.69 Å². The van der Waals surface area contributed by atoms with Gasteiger partial charge in [0.05, 0.1) is 10.0 Å². The van der Waals surface area contributed by atoms with Crippen molar-refractivity contribution in [1.82, 2.24) is 14.7 Å². The van der Waals surface area contributed by atoms with Crippen molar-refractivity contribution in [3.63, 3.8) is 0 Å². The van der Waals surface area contributed by atoms with Crippen molar-refractivity contribution in [1.29, 1.82) is 0 Å². The van der Waals surface area contributed by atoms with Crippen LogP contribution in [-0.4, -0.2) is 32.3 Å². The minimum absolute atomic E-state index is 0.196. The smallest absolute Gasteiger partial charge is 0.356 e. The molecule has 2 aromatic heterocycles. The highest BCUT2D eigenvalue weighted by molar-refractivity contribution is 7.16. The van der Waals surface area contributed by atoms with Gasteiger partial charge in [-0.15, -0.1) is 11.3 Å². The Balaban J connectivity index is 1.80. The predicted molar refractivity (Wildman–Crippen MR) is 82.1 cm³/mol. The van der Waals surface area contributed by atoms with E-state index in [1.165, 1.54) is 4.88 Å². The van der Waals surface area contributed by atoms with E-state index in [0.717, 1.165) is 47.2 Å². The van der Waals surface area contributed by atoms with Gasteiger partial charge in [-0.25, -0.2) is 4.79 Å². The zero-order valence-electron chi connectivity index (χ0n) is 11.9. The van der Waals surface area contributed by atoms with Crippen molar-refractivity contribution < 1.29 is 9.90 Å². The Morgan fingerprint density at radius 1 is 1.57 bits per heavy atom. The highest BCUT2D eigenvalue weighted by atomic mass is 35.5. The van der Waals surface area contributed by atoms with E-state index in [9.17, 15) is 9.90 Å². The lowest BCUT2D eigenvalue weighted by Crippen LogP contribution is -2.31. The zero-order chi connectivity index (χ0) is 15.1. The molecule has 1 aliphatic heterocycles. The Morgan fingerprint density at radius 3 is 2.95 bits per heavy atom. The van der Waals surface area contributed by atoms with Crippen molar-refractivity contribution in [2.45, 2.75) is 26.4 Å². The predicted octanol–water partition coefficient (Wildman–Crippen LogP) is 2.70. The number of carboxylic acid groups (broad SMARTS) is 1. The average Bonchev–Trinajstić information content (AvgIpc) is 2.91. The summed E-state index contributed by atoms with van der Waals surface area (Å²) in [4.78, 5) is 14.7. The Hall–Kier alpha value is -1.37. The molecule has 0 radical (unpaired) electrons. The summed E-state index contributed by atoms with van der Waals surface area (Å²) >= 11 is 7.72. The number of hydrogen-bond donors (Lipinski definition) is 1. The van der Waals surface area contributed by atoms with E-state index in [1.54, 1.807) is 23.1 Å². The van der Waals surface area contributed by atoms with Gasteiger partial charge in [0, 0.05) is 37.1 Å². The van der Waals surface area contributed by atoms with Gasteiger partial charge >= 0.3 is 5.97 Å². The monoisotopic (exact) mass is 325 g/mol. The topological polar surface area (TPSA) is 58.4 Å². The van der Waals surface area contributed by atoms with Gasteiger partial charge in [0.1, 0.15) is 0 Å². The van der Waals surface area contributed by atoms with Gasteiger partial charge in [-0.05, 0) is 25.0 Å². The summed E-state index contributed by atoms with van der Waals surface area (Å²) in [7, 11) is 1.81. The Morgan fingerprint density at radius 2 is 2.33 bits per heavy atom. The molecule has 0 unspecified atom stereocenters. The molecule has 0 saturated carbocycles. The van der Waals surface area contributed by atoms with E-state index < -0.39 is 5.97 Å². The van der Waals surface area contributed by atoms with Crippen LogP contribution in [0.15, 0.2) is 6.07 Å². The third-order valence-electron chi connectivity index (χ3n) is 3.82. The molecule has 0 saturated heterocycles. The van der Waals surface area contributed by atoms with E-state index in [0.29, 0.717) is 0 Å². The lowest BCUT2D eigenvalue weighted by molar-refractivity contribution is 0.0688. The second kappa shape index (κ2) is 5.44. The Bertz CT molecular complexity index is 688. The van der Waals surface area contributed by atoms with Crippen LogP contribution in [-0.2, 0) is 26.6 Å². The minimum atomic E-state index is -0.944. The molecule has 2 aromatic rings. The van der Waals surface area contributed by atoms with Crippen LogP contribution in [0.2, 0.25) is 4.34 Å². The van der Waals surface area contributed by atoms with Crippen molar-refractivity contribution in [2.75, 3.05) is 6.54 Å². The van der Waals surface area contributed by atoms with Crippen LogP contribution in [0.25, 0.3) is 0 Å². The molecule has 7 heteroatoms. The number of halogens is 1. The van der Waals surface area contributed by atoms with Crippen LogP contribution in [0.5, 0.6) is 0 Å². The first-order valence-corrected chi connectivity index (χ1v) is 7.90. The number of aromatic nitrogens is 2.